The topological polar surface area (TPSA) is 87.4 Å². The highest BCUT2D eigenvalue weighted by atomic mass is 16.1. The van der Waals surface area contributed by atoms with Crippen molar-refractivity contribution in [1.29, 1.82) is 10.5 Å². The average molecular weight is 401 g/mol. The first-order chi connectivity index (χ1) is 15.1. The van der Waals surface area contributed by atoms with E-state index in [0.717, 1.165) is 27.5 Å². The number of aromatic nitrogens is 3. The van der Waals surface area contributed by atoms with Crippen molar-refractivity contribution >= 4 is 21.9 Å². The molecule has 0 saturated carbocycles. The molecule has 0 aliphatic rings. The minimum Gasteiger partial charge on any atom is -0.293 e. The number of fused-ring (bicyclic) bond motifs is 3. The van der Waals surface area contributed by atoms with E-state index in [9.17, 15) is 15.3 Å². The Hall–Kier alpha value is -4.68. The van der Waals surface area contributed by atoms with Gasteiger partial charge in [0.15, 0.2) is 0 Å². The van der Waals surface area contributed by atoms with Crippen molar-refractivity contribution in [2.75, 3.05) is 0 Å². The van der Waals surface area contributed by atoms with Crippen molar-refractivity contribution in [2.24, 2.45) is 7.05 Å². The third-order valence-electron chi connectivity index (χ3n) is 5.44. The highest BCUT2D eigenvalue weighted by molar-refractivity contribution is 6.04. The van der Waals surface area contributed by atoms with Gasteiger partial charge in [-0.15, -0.1) is 0 Å². The highest BCUT2D eigenvalue weighted by Crippen LogP contribution is 2.30. The van der Waals surface area contributed by atoms with Crippen LogP contribution in [0.25, 0.3) is 38.8 Å². The molecule has 0 saturated heterocycles. The summed E-state index contributed by atoms with van der Waals surface area (Å²) in [6.45, 7) is 0. The van der Waals surface area contributed by atoms with Gasteiger partial charge in [-0.05, 0) is 53.6 Å². The van der Waals surface area contributed by atoms with Crippen LogP contribution in [0.3, 0.4) is 0 Å². The zero-order chi connectivity index (χ0) is 21.5. The third kappa shape index (κ3) is 2.87. The summed E-state index contributed by atoms with van der Waals surface area (Å²) in [6, 6.07) is 24.5. The Balaban J connectivity index is 1.87. The first-order valence-electron chi connectivity index (χ1n) is 9.62. The fourth-order valence-corrected chi connectivity index (χ4v) is 3.90. The molecule has 0 N–H and O–H groups in total. The Morgan fingerprint density at radius 2 is 1.58 bits per heavy atom. The number of hydrogen-bond donors (Lipinski definition) is 0. The fourth-order valence-electron chi connectivity index (χ4n) is 3.90. The van der Waals surface area contributed by atoms with E-state index >= 15 is 0 Å². The summed E-state index contributed by atoms with van der Waals surface area (Å²) < 4.78 is 3.18. The van der Waals surface area contributed by atoms with E-state index in [2.05, 4.69) is 17.1 Å². The second kappa shape index (κ2) is 6.98. The number of rotatable bonds is 2. The maximum Gasteiger partial charge on any atom is 0.333 e. The summed E-state index contributed by atoms with van der Waals surface area (Å²) in [6.07, 6.45) is 1.69. The first-order valence-corrected chi connectivity index (χ1v) is 9.62. The molecule has 2 heterocycles. The molecule has 6 nitrogen and oxygen atoms in total. The largest absolute Gasteiger partial charge is 0.333 e. The molecule has 0 spiro atoms. The van der Waals surface area contributed by atoms with Crippen molar-refractivity contribution in [2.45, 2.75) is 0 Å². The summed E-state index contributed by atoms with van der Waals surface area (Å²) >= 11 is 0. The molecule has 6 heteroatoms. The molecule has 0 unspecified atom stereocenters. The van der Waals surface area contributed by atoms with E-state index in [-0.39, 0.29) is 5.69 Å². The molecule has 0 aliphatic heterocycles. The zero-order valence-electron chi connectivity index (χ0n) is 16.6. The van der Waals surface area contributed by atoms with Crippen molar-refractivity contribution < 1.29 is 0 Å². The smallest absolute Gasteiger partial charge is 0.293 e. The van der Waals surface area contributed by atoms with E-state index in [1.807, 2.05) is 42.5 Å². The normalized spacial score (nSPS) is 10.8. The van der Waals surface area contributed by atoms with Gasteiger partial charge in [-0.1, -0.05) is 24.3 Å². The molecule has 5 aromatic rings. The lowest BCUT2D eigenvalue weighted by molar-refractivity contribution is 0.845. The van der Waals surface area contributed by atoms with E-state index in [1.165, 1.54) is 0 Å². The van der Waals surface area contributed by atoms with Crippen LogP contribution in [0, 0.1) is 22.7 Å². The maximum absolute atomic E-state index is 13.1. The number of hydrogen-bond acceptors (Lipinski definition) is 4. The lowest BCUT2D eigenvalue weighted by atomic mass is 10.0. The van der Waals surface area contributed by atoms with E-state index < -0.39 is 0 Å². The molecule has 0 atom stereocenters. The van der Waals surface area contributed by atoms with Crippen LogP contribution in [0.1, 0.15) is 11.1 Å². The van der Waals surface area contributed by atoms with Crippen LogP contribution in [-0.4, -0.2) is 14.1 Å². The minimum absolute atomic E-state index is 0.212. The second-order valence-electron chi connectivity index (χ2n) is 7.26. The molecule has 0 bridgehead atoms. The van der Waals surface area contributed by atoms with E-state index in [0.29, 0.717) is 22.3 Å². The summed E-state index contributed by atoms with van der Waals surface area (Å²) in [7, 11) is 1.71. The molecule has 0 fully saturated rings. The SMILES string of the molecule is Cn1c(=O)n(-c2cccc(C#N)c2)c2c3cc(-c4cccc(C#N)c4)ccc3ncc21. The summed E-state index contributed by atoms with van der Waals surface area (Å²) in [4.78, 5) is 17.7. The summed E-state index contributed by atoms with van der Waals surface area (Å²) in [5.74, 6) is 0. The van der Waals surface area contributed by atoms with E-state index in [1.54, 1.807) is 46.6 Å². The predicted octanol–water partition coefficient (Wildman–Crippen LogP) is 4.29. The van der Waals surface area contributed by atoms with Crippen LogP contribution < -0.4 is 5.69 Å². The van der Waals surface area contributed by atoms with Crippen molar-refractivity contribution in [1.82, 2.24) is 14.1 Å². The van der Waals surface area contributed by atoms with Gasteiger partial charge in [-0.2, -0.15) is 10.5 Å². The number of nitrogens with zero attached hydrogens (tertiary/aromatic N) is 5. The number of pyridine rings is 1. The molecule has 0 amide bonds. The number of benzene rings is 3. The van der Waals surface area contributed by atoms with Gasteiger partial charge in [0.1, 0.15) is 0 Å². The van der Waals surface area contributed by atoms with Gasteiger partial charge < -0.3 is 0 Å². The Kier molecular flexibility index (Phi) is 4.13. The van der Waals surface area contributed by atoms with Gasteiger partial charge in [-0.25, -0.2) is 4.79 Å². The molecular formula is C25H15N5O. The van der Waals surface area contributed by atoms with Crippen LogP contribution in [-0.2, 0) is 7.05 Å². The van der Waals surface area contributed by atoms with Gasteiger partial charge in [-0.3, -0.25) is 14.1 Å². The lowest BCUT2D eigenvalue weighted by Crippen LogP contribution is -2.20. The number of nitriles is 2. The molecule has 5 rings (SSSR count). The molecule has 2 aromatic heterocycles. The summed E-state index contributed by atoms with van der Waals surface area (Å²) in [5.41, 5.74) is 5.49. The molecule has 0 radical (unpaired) electrons. The average Bonchev–Trinajstić information content (AvgIpc) is 3.09. The lowest BCUT2D eigenvalue weighted by Gasteiger charge is -2.08. The van der Waals surface area contributed by atoms with Crippen LogP contribution in [0.4, 0.5) is 0 Å². The molecule has 146 valence electrons. The van der Waals surface area contributed by atoms with Gasteiger partial charge in [0.05, 0.1) is 51.7 Å². The maximum atomic E-state index is 13.1. The van der Waals surface area contributed by atoms with Crippen molar-refractivity contribution in [3.05, 3.63) is 94.5 Å². The summed E-state index contributed by atoms with van der Waals surface area (Å²) in [5, 5.41) is 19.4. The number of imidazole rings is 1. The van der Waals surface area contributed by atoms with Crippen molar-refractivity contribution in [3.63, 3.8) is 0 Å². The second-order valence-corrected chi connectivity index (χ2v) is 7.26. The predicted molar refractivity (Wildman–Crippen MR) is 119 cm³/mol. The molecule has 0 aliphatic carbocycles. The molecule has 3 aromatic carbocycles. The minimum atomic E-state index is -0.212. The van der Waals surface area contributed by atoms with Gasteiger partial charge in [0, 0.05) is 12.4 Å². The number of aryl methyl sites for hydroxylation is 1. The van der Waals surface area contributed by atoms with Gasteiger partial charge in [0.25, 0.3) is 0 Å². The van der Waals surface area contributed by atoms with Gasteiger partial charge in [0.2, 0.25) is 0 Å². The van der Waals surface area contributed by atoms with E-state index in [4.69, 9.17) is 0 Å². The monoisotopic (exact) mass is 401 g/mol. The van der Waals surface area contributed by atoms with Crippen LogP contribution >= 0.6 is 0 Å². The molecule has 31 heavy (non-hydrogen) atoms. The Labute approximate surface area is 177 Å². The molecular weight excluding hydrogens is 386 g/mol. The first kappa shape index (κ1) is 18.4. The third-order valence-corrected chi connectivity index (χ3v) is 5.44. The Morgan fingerprint density at radius 1 is 0.871 bits per heavy atom. The van der Waals surface area contributed by atoms with Crippen LogP contribution in [0.15, 0.2) is 77.7 Å². The van der Waals surface area contributed by atoms with Crippen molar-refractivity contribution in [3.8, 4) is 29.0 Å². The zero-order valence-corrected chi connectivity index (χ0v) is 16.6. The fraction of sp³-hybridized carbons (Fsp3) is 0.0400. The van der Waals surface area contributed by atoms with Crippen LogP contribution in [0.2, 0.25) is 0 Å². The van der Waals surface area contributed by atoms with Gasteiger partial charge >= 0.3 is 5.69 Å². The van der Waals surface area contributed by atoms with Crippen LogP contribution in [0.5, 0.6) is 0 Å². The standard InChI is InChI=1S/C25H15N5O/c1-29-23-15-28-22-9-8-19(18-6-2-4-16(10-18)13-26)12-21(22)24(23)30(25(29)31)20-7-3-5-17(11-20)14-27/h2-12,15H,1H3. The highest BCUT2D eigenvalue weighted by Gasteiger charge is 2.17. The Bertz CT molecular complexity index is 1640. The Morgan fingerprint density at radius 3 is 2.35 bits per heavy atom. The quantitative estimate of drug-likeness (QED) is 0.441.